The van der Waals surface area contributed by atoms with Crippen LogP contribution in [0.4, 0.5) is 0 Å². The van der Waals surface area contributed by atoms with Crippen molar-refractivity contribution in [2.45, 2.75) is 39.5 Å². The summed E-state index contributed by atoms with van der Waals surface area (Å²) in [6.45, 7) is 7.57. The van der Waals surface area contributed by atoms with Crippen molar-refractivity contribution in [1.82, 2.24) is 10.3 Å². The van der Waals surface area contributed by atoms with Crippen LogP contribution < -0.4 is 10.1 Å². The zero-order chi connectivity index (χ0) is 15.3. The van der Waals surface area contributed by atoms with Crippen molar-refractivity contribution < 1.29 is 4.74 Å². The average molecular weight is 305 g/mol. The average Bonchev–Trinajstić information content (AvgIpc) is 2.44. The molecular weight excluding hydrogens is 284 g/mol. The molecule has 1 aromatic carbocycles. The standard InChI is InChI=1S/C17H21ClN2O/c1-17(2,3)20-11-14-7-4-8-15(18)16(14)21-12-13-6-5-9-19-10-13/h4-10,20H,11-12H2,1-3H3. The Labute approximate surface area is 131 Å². The molecule has 0 saturated carbocycles. The Morgan fingerprint density at radius 2 is 2.00 bits per heavy atom. The van der Waals surface area contributed by atoms with Gasteiger partial charge in [-0.2, -0.15) is 0 Å². The van der Waals surface area contributed by atoms with Crippen LogP contribution in [0.2, 0.25) is 5.02 Å². The number of para-hydroxylation sites is 1. The molecule has 1 aromatic heterocycles. The molecule has 3 nitrogen and oxygen atoms in total. The number of pyridine rings is 1. The molecule has 0 bridgehead atoms. The zero-order valence-corrected chi connectivity index (χ0v) is 13.4. The van der Waals surface area contributed by atoms with Crippen molar-refractivity contribution in [2.24, 2.45) is 0 Å². The maximum Gasteiger partial charge on any atom is 0.142 e. The van der Waals surface area contributed by atoms with Crippen molar-refractivity contribution >= 4 is 11.6 Å². The maximum absolute atomic E-state index is 6.28. The lowest BCUT2D eigenvalue weighted by atomic mass is 10.1. The molecule has 0 aliphatic heterocycles. The second kappa shape index (κ2) is 6.92. The molecular formula is C17H21ClN2O. The Bertz CT molecular complexity index is 579. The zero-order valence-electron chi connectivity index (χ0n) is 12.7. The molecule has 112 valence electrons. The molecule has 0 radical (unpaired) electrons. The fourth-order valence-electron chi connectivity index (χ4n) is 1.85. The Morgan fingerprint density at radius 1 is 1.19 bits per heavy atom. The molecule has 0 aliphatic carbocycles. The quantitative estimate of drug-likeness (QED) is 0.899. The Morgan fingerprint density at radius 3 is 2.67 bits per heavy atom. The lowest BCUT2D eigenvalue weighted by Crippen LogP contribution is -2.35. The summed E-state index contributed by atoms with van der Waals surface area (Å²) in [6, 6.07) is 9.70. The number of nitrogens with one attached hydrogen (secondary N) is 1. The van der Waals surface area contributed by atoms with E-state index in [1.807, 2.05) is 30.3 Å². The summed E-state index contributed by atoms with van der Waals surface area (Å²) in [5, 5.41) is 4.08. The molecule has 1 N–H and O–H groups in total. The minimum absolute atomic E-state index is 0.0446. The molecule has 0 fully saturated rings. The maximum atomic E-state index is 6.28. The van der Waals surface area contributed by atoms with E-state index >= 15 is 0 Å². The molecule has 0 aliphatic rings. The van der Waals surface area contributed by atoms with Crippen molar-refractivity contribution in [3.05, 3.63) is 58.9 Å². The van der Waals surface area contributed by atoms with Gasteiger partial charge in [0.15, 0.2) is 0 Å². The fraction of sp³-hybridized carbons (Fsp3) is 0.353. The summed E-state index contributed by atoms with van der Waals surface area (Å²) in [5.74, 6) is 0.736. The summed E-state index contributed by atoms with van der Waals surface area (Å²) < 4.78 is 5.91. The Hall–Kier alpha value is -1.58. The molecule has 0 saturated heterocycles. The minimum atomic E-state index is 0.0446. The molecule has 0 spiro atoms. The fourth-order valence-corrected chi connectivity index (χ4v) is 2.10. The molecule has 2 aromatic rings. The van der Waals surface area contributed by atoms with Gasteiger partial charge in [-0.3, -0.25) is 4.98 Å². The van der Waals surface area contributed by atoms with E-state index in [0.717, 1.165) is 16.9 Å². The number of hydrogen-bond acceptors (Lipinski definition) is 3. The molecule has 21 heavy (non-hydrogen) atoms. The van der Waals surface area contributed by atoms with Crippen LogP contribution in [0.5, 0.6) is 5.75 Å². The van der Waals surface area contributed by atoms with Crippen LogP contribution in [0, 0.1) is 0 Å². The van der Waals surface area contributed by atoms with Crippen LogP contribution in [-0.2, 0) is 13.2 Å². The smallest absolute Gasteiger partial charge is 0.142 e. The first-order valence-electron chi connectivity index (χ1n) is 7.00. The van der Waals surface area contributed by atoms with E-state index in [4.69, 9.17) is 16.3 Å². The minimum Gasteiger partial charge on any atom is -0.487 e. The normalized spacial score (nSPS) is 11.4. The van der Waals surface area contributed by atoms with Gasteiger partial charge in [0, 0.05) is 35.6 Å². The van der Waals surface area contributed by atoms with E-state index < -0.39 is 0 Å². The highest BCUT2D eigenvalue weighted by atomic mass is 35.5. The Kier molecular flexibility index (Phi) is 5.21. The van der Waals surface area contributed by atoms with Crippen LogP contribution in [0.15, 0.2) is 42.7 Å². The van der Waals surface area contributed by atoms with Crippen LogP contribution in [0.3, 0.4) is 0 Å². The second-order valence-corrected chi connectivity index (χ2v) is 6.39. The van der Waals surface area contributed by atoms with Gasteiger partial charge in [0.05, 0.1) is 5.02 Å². The number of hydrogen-bond donors (Lipinski definition) is 1. The van der Waals surface area contributed by atoms with Gasteiger partial charge in [-0.25, -0.2) is 0 Å². The third-order valence-corrected chi connectivity index (χ3v) is 3.26. The third kappa shape index (κ3) is 5.03. The van der Waals surface area contributed by atoms with Gasteiger partial charge in [0.1, 0.15) is 12.4 Å². The van der Waals surface area contributed by atoms with E-state index in [-0.39, 0.29) is 5.54 Å². The van der Waals surface area contributed by atoms with E-state index in [1.54, 1.807) is 12.4 Å². The van der Waals surface area contributed by atoms with Crippen molar-refractivity contribution in [1.29, 1.82) is 0 Å². The lowest BCUT2D eigenvalue weighted by Gasteiger charge is -2.22. The predicted molar refractivity (Wildman–Crippen MR) is 86.6 cm³/mol. The second-order valence-electron chi connectivity index (χ2n) is 5.98. The monoisotopic (exact) mass is 304 g/mol. The third-order valence-electron chi connectivity index (χ3n) is 2.96. The van der Waals surface area contributed by atoms with Crippen molar-refractivity contribution in [2.75, 3.05) is 0 Å². The van der Waals surface area contributed by atoms with Gasteiger partial charge in [0.2, 0.25) is 0 Å². The highest BCUT2D eigenvalue weighted by molar-refractivity contribution is 6.32. The van der Waals surface area contributed by atoms with Crippen molar-refractivity contribution in [3.8, 4) is 5.75 Å². The van der Waals surface area contributed by atoms with Gasteiger partial charge in [-0.15, -0.1) is 0 Å². The first-order chi connectivity index (χ1) is 9.96. The molecule has 1 heterocycles. The molecule has 2 rings (SSSR count). The Balaban J connectivity index is 2.10. The van der Waals surface area contributed by atoms with Crippen LogP contribution in [0.1, 0.15) is 31.9 Å². The number of ether oxygens (including phenoxy) is 1. The number of benzene rings is 1. The highest BCUT2D eigenvalue weighted by Gasteiger charge is 2.13. The van der Waals surface area contributed by atoms with E-state index in [1.165, 1.54) is 0 Å². The van der Waals surface area contributed by atoms with Gasteiger partial charge >= 0.3 is 0 Å². The summed E-state index contributed by atoms with van der Waals surface area (Å²) in [6.07, 6.45) is 3.54. The van der Waals surface area contributed by atoms with E-state index in [0.29, 0.717) is 18.2 Å². The number of rotatable bonds is 5. The largest absolute Gasteiger partial charge is 0.487 e. The van der Waals surface area contributed by atoms with Crippen LogP contribution in [0.25, 0.3) is 0 Å². The molecule has 0 unspecified atom stereocenters. The van der Waals surface area contributed by atoms with Gasteiger partial charge in [0.25, 0.3) is 0 Å². The van der Waals surface area contributed by atoms with E-state index in [9.17, 15) is 0 Å². The van der Waals surface area contributed by atoms with Gasteiger partial charge in [-0.1, -0.05) is 29.8 Å². The molecule has 4 heteroatoms. The number of aromatic nitrogens is 1. The molecule has 0 atom stereocenters. The van der Waals surface area contributed by atoms with Gasteiger partial charge < -0.3 is 10.1 Å². The van der Waals surface area contributed by atoms with E-state index in [2.05, 4.69) is 31.1 Å². The lowest BCUT2D eigenvalue weighted by molar-refractivity contribution is 0.300. The summed E-state index contributed by atoms with van der Waals surface area (Å²) in [5.41, 5.74) is 2.12. The highest BCUT2D eigenvalue weighted by Crippen LogP contribution is 2.29. The summed E-state index contributed by atoms with van der Waals surface area (Å²) >= 11 is 6.28. The number of halogens is 1. The first kappa shape index (κ1) is 15.8. The summed E-state index contributed by atoms with van der Waals surface area (Å²) in [4.78, 5) is 4.09. The van der Waals surface area contributed by atoms with Gasteiger partial charge in [-0.05, 0) is 32.9 Å². The SMILES string of the molecule is CC(C)(C)NCc1cccc(Cl)c1OCc1cccnc1. The van der Waals surface area contributed by atoms with Crippen LogP contribution in [-0.4, -0.2) is 10.5 Å². The number of nitrogens with zero attached hydrogens (tertiary/aromatic N) is 1. The van der Waals surface area contributed by atoms with Crippen LogP contribution >= 0.6 is 11.6 Å². The van der Waals surface area contributed by atoms with Crippen molar-refractivity contribution in [3.63, 3.8) is 0 Å². The topological polar surface area (TPSA) is 34.1 Å². The predicted octanol–water partition coefficient (Wildman–Crippen LogP) is 4.20. The summed E-state index contributed by atoms with van der Waals surface area (Å²) in [7, 11) is 0. The molecule has 0 amide bonds. The first-order valence-corrected chi connectivity index (χ1v) is 7.37.